The van der Waals surface area contributed by atoms with E-state index < -0.39 is 0 Å². The Morgan fingerprint density at radius 2 is 1.94 bits per heavy atom. The van der Waals surface area contributed by atoms with Crippen LogP contribution in [0.2, 0.25) is 0 Å². The Bertz CT molecular complexity index is 470. The summed E-state index contributed by atoms with van der Waals surface area (Å²) in [6, 6.07) is 0.445. The van der Waals surface area contributed by atoms with E-state index in [0.717, 1.165) is 17.9 Å². The van der Waals surface area contributed by atoms with Crippen LogP contribution in [0.15, 0.2) is 12.4 Å². The summed E-state index contributed by atoms with van der Waals surface area (Å²) in [7, 11) is 1.84. The number of aryl methyl sites for hydroxylation is 1. The van der Waals surface area contributed by atoms with E-state index in [4.69, 9.17) is 0 Å². The van der Waals surface area contributed by atoms with Gasteiger partial charge in [0, 0.05) is 25.8 Å². The number of nitrogens with one attached hydrogen (secondary N) is 1. The first-order valence-electron chi connectivity index (χ1n) is 5.61. The lowest BCUT2D eigenvalue weighted by Crippen LogP contribution is -2.21. The summed E-state index contributed by atoms with van der Waals surface area (Å²) in [5.74, 6) is 0. The second-order valence-electron chi connectivity index (χ2n) is 4.33. The average Bonchev–Trinajstić information content (AvgIpc) is 2.86. The van der Waals surface area contributed by atoms with Gasteiger partial charge in [-0.2, -0.15) is 0 Å². The lowest BCUT2D eigenvalue weighted by molar-refractivity contribution is 0.580. The summed E-state index contributed by atoms with van der Waals surface area (Å²) >= 11 is 0. The number of hydrogen-bond donors (Lipinski definition) is 1. The zero-order chi connectivity index (χ0) is 12.3. The van der Waals surface area contributed by atoms with Crippen LogP contribution in [-0.2, 0) is 20.1 Å². The van der Waals surface area contributed by atoms with Gasteiger partial charge in [-0.15, -0.1) is 10.2 Å². The maximum Gasteiger partial charge on any atom is 0.104 e. The summed E-state index contributed by atoms with van der Waals surface area (Å²) in [6.45, 7) is 5.54. The van der Waals surface area contributed by atoms with Crippen molar-refractivity contribution in [1.29, 1.82) is 0 Å². The minimum atomic E-state index is 0.445. The molecule has 2 aromatic rings. The Hall–Kier alpha value is -1.76. The van der Waals surface area contributed by atoms with Crippen molar-refractivity contribution in [3.8, 4) is 0 Å². The normalized spacial score (nSPS) is 11.3. The summed E-state index contributed by atoms with van der Waals surface area (Å²) in [5.41, 5.74) is 1.81. The van der Waals surface area contributed by atoms with E-state index in [0.29, 0.717) is 12.6 Å². The van der Waals surface area contributed by atoms with E-state index in [2.05, 4.69) is 39.8 Å². The molecule has 0 unspecified atom stereocenters. The van der Waals surface area contributed by atoms with Gasteiger partial charge in [0.2, 0.25) is 0 Å². The first-order valence-corrected chi connectivity index (χ1v) is 5.61. The number of rotatable bonds is 5. The lowest BCUT2D eigenvalue weighted by Gasteiger charge is -2.03. The van der Waals surface area contributed by atoms with Crippen LogP contribution in [0.1, 0.15) is 25.2 Å². The summed E-state index contributed by atoms with van der Waals surface area (Å²) < 4.78 is 3.44. The standard InChI is InChI=1S/C10H17N7/c1-8(2)11-4-9-6-17(15-12-9)7-10-5-16(3)14-13-10/h5-6,8,11H,4,7H2,1-3H3. The van der Waals surface area contributed by atoms with Crippen LogP contribution in [0.5, 0.6) is 0 Å². The van der Waals surface area contributed by atoms with Gasteiger partial charge in [0.25, 0.3) is 0 Å². The molecule has 7 heteroatoms. The molecule has 0 atom stereocenters. The fourth-order valence-corrected chi connectivity index (χ4v) is 1.44. The molecule has 0 fully saturated rings. The molecule has 2 heterocycles. The van der Waals surface area contributed by atoms with E-state index in [1.54, 1.807) is 9.36 Å². The summed E-state index contributed by atoms with van der Waals surface area (Å²) in [6.07, 6.45) is 3.79. The van der Waals surface area contributed by atoms with Crippen LogP contribution in [-0.4, -0.2) is 36.0 Å². The Morgan fingerprint density at radius 3 is 2.59 bits per heavy atom. The van der Waals surface area contributed by atoms with Gasteiger partial charge in [0.1, 0.15) is 5.69 Å². The van der Waals surface area contributed by atoms with Crippen molar-refractivity contribution in [2.75, 3.05) is 0 Å². The molecule has 7 nitrogen and oxygen atoms in total. The molecule has 1 N–H and O–H groups in total. The van der Waals surface area contributed by atoms with E-state index >= 15 is 0 Å². The lowest BCUT2D eigenvalue weighted by atomic mass is 10.3. The second-order valence-corrected chi connectivity index (χ2v) is 4.33. The van der Waals surface area contributed by atoms with Crippen LogP contribution in [0, 0.1) is 0 Å². The van der Waals surface area contributed by atoms with Gasteiger partial charge >= 0.3 is 0 Å². The largest absolute Gasteiger partial charge is 0.309 e. The topological polar surface area (TPSA) is 73.5 Å². The van der Waals surface area contributed by atoms with Gasteiger partial charge in [-0.1, -0.05) is 24.3 Å². The third-order valence-corrected chi connectivity index (χ3v) is 2.25. The Balaban J connectivity index is 1.94. The number of hydrogen-bond acceptors (Lipinski definition) is 5. The third-order valence-electron chi connectivity index (χ3n) is 2.25. The van der Waals surface area contributed by atoms with Crippen molar-refractivity contribution in [1.82, 2.24) is 35.3 Å². The molecule has 0 saturated heterocycles. The first-order chi connectivity index (χ1) is 8.13. The highest BCUT2D eigenvalue weighted by Crippen LogP contribution is 1.98. The summed E-state index contributed by atoms with van der Waals surface area (Å²) in [5, 5.41) is 19.3. The highest BCUT2D eigenvalue weighted by molar-refractivity contribution is 4.97. The van der Waals surface area contributed by atoms with Crippen molar-refractivity contribution in [3.05, 3.63) is 23.8 Å². The SMILES string of the molecule is CC(C)NCc1cn(Cc2cn(C)nn2)nn1. The van der Waals surface area contributed by atoms with Crippen LogP contribution >= 0.6 is 0 Å². The molecular formula is C10H17N7. The minimum Gasteiger partial charge on any atom is -0.309 e. The summed E-state index contributed by atoms with van der Waals surface area (Å²) in [4.78, 5) is 0. The predicted molar refractivity (Wildman–Crippen MR) is 62.1 cm³/mol. The molecule has 0 radical (unpaired) electrons. The fraction of sp³-hybridized carbons (Fsp3) is 0.600. The highest BCUT2D eigenvalue weighted by Gasteiger charge is 2.04. The molecule has 0 aromatic carbocycles. The van der Waals surface area contributed by atoms with E-state index in [1.165, 1.54) is 0 Å². The van der Waals surface area contributed by atoms with Crippen LogP contribution < -0.4 is 5.32 Å². The molecular weight excluding hydrogens is 218 g/mol. The number of aromatic nitrogens is 6. The van der Waals surface area contributed by atoms with E-state index in [9.17, 15) is 0 Å². The average molecular weight is 235 g/mol. The van der Waals surface area contributed by atoms with Crippen LogP contribution in [0.4, 0.5) is 0 Å². The molecule has 0 aliphatic heterocycles. The van der Waals surface area contributed by atoms with Gasteiger partial charge in [-0.05, 0) is 0 Å². The molecule has 0 saturated carbocycles. The second kappa shape index (κ2) is 5.05. The van der Waals surface area contributed by atoms with Crippen molar-refractivity contribution >= 4 is 0 Å². The smallest absolute Gasteiger partial charge is 0.104 e. The molecule has 0 spiro atoms. The molecule has 0 aliphatic carbocycles. The zero-order valence-corrected chi connectivity index (χ0v) is 10.3. The molecule has 2 rings (SSSR count). The quantitative estimate of drug-likeness (QED) is 0.786. The molecule has 0 aliphatic rings. The Labute approximate surface area is 99.8 Å². The zero-order valence-electron chi connectivity index (χ0n) is 10.3. The minimum absolute atomic E-state index is 0.445. The Kier molecular flexibility index (Phi) is 3.48. The molecule has 17 heavy (non-hydrogen) atoms. The van der Waals surface area contributed by atoms with Crippen LogP contribution in [0.3, 0.4) is 0 Å². The molecule has 92 valence electrons. The molecule has 0 bridgehead atoms. The monoisotopic (exact) mass is 235 g/mol. The van der Waals surface area contributed by atoms with Crippen molar-refractivity contribution < 1.29 is 0 Å². The van der Waals surface area contributed by atoms with Crippen LogP contribution in [0.25, 0.3) is 0 Å². The van der Waals surface area contributed by atoms with Gasteiger partial charge < -0.3 is 5.32 Å². The van der Waals surface area contributed by atoms with Gasteiger partial charge in [0.05, 0.1) is 18.4 Å². The predicted octanol–water partition coefficient (Wildman–Crippen LogP) is -0.0471. The maximum absolute atomic E-state index is 4.09. The number of nitrogens with zero attached hydrogens (tertiary/aromatic N) is 6. The van der Waals surface area contributed by atoms with Crippen molar-refractivity contribution in [2.45, 2.75) is 33.0 Å². The highest BCUT2D eigenvalue weighted by atomic mass is 15.4. The van der Waals surface area contributed by atoms with E-state index in [1.807, 2.05) is 19.4 Å². The molecule has 0 amide bonds. The molecule has 2 aromatic heterocycles. The van der Waals surface area contributed by atoms with Gasteiger partial charge in [0.15, 0.2) is 0 Å². The first kappa shape index (κ1) is 11.7. The maximum atomic E-state index is 4.09. The van der Waals surface area contributed by atoms with Gasteiger partial charge in [-0.25, -0.2) is 4.68 Å². The van der Waals surface area contributed by atoms with Crippen molar-refractivity contribution in [3.63, 3.8) is 0 Å². The van der Waals surface area contributed by atoms with E-state index in [-0.39, 0.29) is 0 Å². The van der Waals surface area contributed by atoms with Gasteiger partial charge in [-0.3, -0.25) is 4.68 Å². The third kappa shape index (κ3) is 3.35. The fourth-order valence-electron chi connectivity index (χ4n) is 1.44. The van der Waals surface area contributed by atoms with Crippen molar-refractivity contribution in [2.24, 2.45) is 7.05 Å². The Morgan fingerprint density at radius 1 is 1.18 bits per heavy atom.